The van der Waals surface area contributed by atoms with Gasteiger partial charge in [-0.3, -0.25) is 24.0 Å². The van der Waals surface area contributed by atoms with E-state index in [1.165, 1.54) is 190 Å². The Balaban J connectivity index is 0.000000123. The highest BCUT2D eigenvalue weighted by molar-refractivity contribution is 7.91. The van der Waals surface area contributed by atoms with Crippen molar-refractivity contribution in [3.63, 3.8) is 0 Å². The predicted octanol–water partition coefficient (Wildman–Crippen LogP) is 14.3. The lowest BCUT2D eigenvalue weighted by molar-refractivity contribution is -0.111. The average Bonchev–Trinajstić information content (AvgIpc) is 1.66. The Labute approximate surface area is 779 Å². The third kappa shape index (κ3) is 18.1. The maximum absolute atomic E-state index is 13.7. The van der Waals surface area contributed by atoms with Gasteiger partial charge in [-0.15, -0.1) is 0 Å². The minimum atomic E-state index is -4.09. The molecule has 0 atom stereocenters. The highest BCUT2D eigenvalue weighted by atomic mass is 32.2. The SMILES string of the molecule is COc1ccc(S(=O)(=O)n2c(C3(O)C=CC(=O)C=C3)cc3ccccc32)cc1.COc1ccc2c(c1)cc(C1(O)C=CC(=O)C=C1)n2S(=O)(=O)c1ccccc1.Cc1ccc(S(=O)(=O)n2c(C3(O)C=CC(=O)C=C3)cc3ccccc32)cc1.O=C1C=CC(O)(c2cc3cc(F)ccc3n2S(=O)(=O)c2ccccc2)C=C1.O=C1C=CC(O)(c2cc3ccccc3n2S(=O)(=O)c2ccccc2)C=C1. The van der Waals surface area contributed by atoms with Crippen molar-refractivity contribution in [2.24, 2.45) is 0 Å². The lowest BCUT2D eigenvalue weighted by Crippen LogP contribution is -2.29. The number of methoxy groups -OCH3 is 2. The van der Waals surface area contributed by atoms with E-state index in [0.717, 1.165) is 43.6 Å². The zero-order valence-corrected chi connectivity index (χ0v) is 76.0. The summed E-state index contributed by atoms with van der Waals surface area (Å²) in [6.45, 7) is 1.88. The fourth-order valence-electron chi connectivity index (χ4n) is 15.8. The van der Waals surface area contributed by atoms with Crippen LogP contribution in [0.5, 0.6) is 11.5 Å². The molecule has 5 aliphatic carbocycles. The summed E-state index contributed by atoms with van der Waals surface area (Å²) in [5.74, 6) is -0.825. The van der Waals surface area contributed by atoms with Crippen molar-refractivity contribution in [3.05, 3.63) is 440 Å². The lowest BCUT2D eigenvalue weighted by atomic mass is 9.94. The van der Waals surface area contributed by atoms with Crippen molar-refractivity contribution >= 4 is 134 Å². The van der Waals surface area contributed by atoms with Crippen molar-refractivity contribution in [2.45, 2.75) is 59.4 Å². The molecule has 5 aliphatic rings. The first kappa shape index (κ1) is 93.9. The van der Waals surface area contributed by atoms with Crippen LogP contribution < -0.4 is 9.47 Å². The van der Waals surface area contributed by atoms with Crippen molar-refractivity contribution in [1.29, 1.82) is 0 Å². The molecule has 0 amide bonds. The summed E-state index contributed by atoms with van der Waals surface area (Å²) < 4.78 is 163. The molecule has 20 rings (SSSR count). The van der Waals surface area contributed by atoms with Gasteiger partial charge in [0.1, 0.15) is 45.3 Å². The first-order valence-corrected chi connectivity index (χ1v) is 48.7. The number of aliphatic hydroxyl groups is 5. The van der Waals surface area contributed by atoms with Gasteiger partial charge in [-0.1, -0.05) is 127 Å². The number of carbonyl (C=O) groups excluding carboxylic acids is 5. The van der Waals surface area contributed by atoms with Gasteiger partial charge in [0, 0.05) is 26.9 Å². The van der Waals surface area contributed by atoms with E-state index in [9.17, 15) is 96.0 Å². The van der Waals surface area contributed by atoms with E-state index in [1.807, 2.05) is 6.92 Å². The van der Waals surface area contributed by atoms with Crippen LogP contribution in [-0.4, -0.2) is 131 Å². The Bertz CT molecular complexity index is 8270. The molecule has 0 saturated carbocycles. The van der Waals surface area contributed by atoms with E-state index < -0.39 is 83.9 Å². The van der Waals surface area contributed by atoms with Crippen LogP contribution in [0, 0.1) is 12.7 Å². The summed E-state index contributed by atoms with van der Waals surface area (Å²) in [5.41, 5.74) is -5.25. The second-order valence-electron chi connectivity index (χ2n) is 31.7. The number of nitrogens with zero attached hydrogens (tertiary/aromatic N) is 5. The van der Waals surface area contributed by atoms with Crippen LogP contribution >= 0.6 is 0 Å². The Morgan fingerprint density at radius 3 is 0.728 bits per heavy atom. The summed E-state index contributed by atoms with van der Waals surface area (Å²) >= 11 is 0. The zero-order chi connectivity index (χ0) is 96.7. The molecule has 0 unspecified atom stereocenters. The van der Waals surface area contributed by atoms with Gasteiger partial charge in [0.2, 0.25) is 0 Å². The number of ether oxygens (including phenoxy) is 2. The summed E-state index contributed by atoms with van der Waals surface area (Å²) in [4.78, 5) is 57.8. The van der Waals surface area contributed by atoms with Crippen LogP contribution in [0.1, 0.15) is 34.0 Å². The molecular formula is C103H80FN5O22S5. The van der Waals surface area contributed by atoms with Crippen LogP contribution in [0.2, 0.25) is 0 Å². The summed E-state index contributed by atoms with van der Waals surface area (Å²) in [6.07, 6.45) is 25.0. The first-order valence-electron chi connectivity index (χ1n) is 41.5. The molecule has 5 heterocycles. The average molecular weight is 1920 g/mol. The Morgan fingerprint density at radius 1 is 0.243 bits per heavy atom. The zero-order valence-electron chi connectivity index (χ0n) is 71.9. The standard InChI is InChI=1S/2C21H17NO5S.C21H17NO4S.C20H14FNO4S.C20H15NO4S/c1-27-17-6-8-18(9-7-17)28(25,26)22-19-5-3-2-4-15(19)14-20(22)21(24)12-10-16(23)11-13-21;1-27-17-7-8-19-15(13-17)14-20(21(24)11-9-16(23)10-12-21)22(19)28(25,26)18-5-3-2-4-6-18;1-15-6-8-18(9-7-15)27(25,26)22-19-5-3-2-4-16(19)14-20(22)21(24)12-10-17(23)11-13-21;21-15-6-7-18-14(12-15)13-19(20(24)10-8-16(23)9-11-20)22(18)27(25,26)17-4-2-1-3-5-17;22-16-10-12-20(23,13-11-16)19-14-15-6-4-5-9-18(15)21(19)26(24,25)17-7-2-1-3-8-17/h2*2-14,24H,1H3;2-14,24H,1H3;1-13,24H;1-14,23H. The molecule has 10 aromatic carbocycles. The predicted molar refractivity (Wildman–Crippen MR) is 509 cm³/mol. The molecular weight excluding hydrogens is 1840 g/mol. The fourth-order valence-corrected chi connectivity index (χ4v) is 23.7. The maximum Gasteiger partial charge on any atom is 0.268 e. The van der Waals surface area contributed by atoms with Gasteiger partial charge in [-0.25, -0.2) is 66.3 Å². The number of para-hydroxylation sites is 3. The van der Waals surface area contributed by atoms with Crippen LogP contribution in [0.4, 0.5) is 4.39 Å². The van der Waals surface area contributed by atoms with E-state index in [-0.39, 0.29) is 87.4 Å². The molecule has 0 radical (unpaired) electrons. The number of benzene rings is 10. The quantitative estimate of drug-likeness (QED) is 0.0565. The highest BCUT2D eigenvalue weighted by Gasteiger charge is 2.42. The van der Waals surface area contributed by atoms with Gasteiger partial charge in [0.05, 0.1) is 94.8 Å². The number of ketones is 5. The monoisotopic (exact) mass is 1920 g/mol. The van der Waals surface area contributed by atoms with Crippen molar-refractivity contribution in [2.75, 3.05) is 14.2 Å². The normalized spacial score (nSPS) is 16.1. The van der Waals surface area contributed by atoms with E-state index in [0.29, 0.717) is 60.5 Å². The van der Waals surface area contributed by atoms with Crippen molar-refractivity contribution < 1.29 is 105 Å². The molecule has 33 heteroatoms. The smallest absolute Gasteiger partial charge is 0.268 e. The summed E-state index contributed by atoms with van der Waals surface area (Å²) in [6, 6.07) is 73.9. The summed E-state index contributed by atoms with van der Waals surface area (Å²) in [7, 11) is -17.0. The topological polar surface area (TPSA) is 400 Å². The van der Waals surface area contributed by atoms with Crippen LogP contribution in [0.15, 0.2) is 425 Å². The molecule has 136 heavy (non-hydrogen) atoms. The van der Waals surface area contributed by atoms with Crippen LogP contribution in [-0.2, 0) is 102 Å². The number of aromatic nitrogens is 5. The molecule has 5 N–H and O–H groups in total. The second-order valence-corrected chi connectivity index (χ2v) is 40.6. The minimum Gasteiger partial charge on any atom is -0.497 e. The molecule has 686 valence electrons. The number of halogens is 1. The Morgan fingerprint density at radius 2 is 0.456 bits per heavy atom. The molecule has 0 aliphatic heterocycles. The number of hydrogen-bond acceptors (Lipinski definition) is 22. The third-order valence-electron chi connectivity index (χ3n) is 22.8. The van der Waals surface area contributed by atoms with Crippen molar-refractivity contribution in [3.8, 4) is 11.5 Å². The van der Waals surface area contributed by atoms with Gasteiger partial charge in [0.15, 0.2) is 28.9 Å². The van der Waals surface area contributed by atoms with Gasteiger partial charge in [-0.2, -0.15) is 0 Å². The molecule has 5 aromatic heterocycles. The highest BCUT2D eigenvalue weighted by Crippen LogP contribution is 2.43. The third-order valence-corrected chi connectivity index (χ3v) is 31.5. The molecule has 0 spiro atoms. The number of carbonyl (C=O) groups is 5. The van der Waals surface area contributed by atoms with E-state index in [2.05, 4.69) is 0 Å². The van der Waals surface area contributed by atoms with Crippen LogP contribution in [0.25, 0.3) is 54.5 Å². The maximum atomic E-state index is 13.7. The Hall–Kier alpha value is -15.3. The van der Waals surface area contributed by atoms with E-state index in [1.54, 1.807) is 206 Å². The van der Waals surface area contributed by atoms with Gasteiger partial charge in [-0.05, 0) is 286 Å². The molecule has 27 nitrogen and oxygen atoms in total. The molecule has 0 fully saturated rings. The van der Waals surface area contributed by atoms with Crippen molar-refractivity contribution in [1.82, 2.24) is 19.9 Å². The molecule has 0 saturated heterocycles. The van der Waals surface area contributed by atoms with E-state index in [4.69, 9.17) is 9.47 Å². The molecule has 0 bridgehead atoms. The number of hydrogen-bond donors (Lipinski definition) is 5. The lowest BCUT2D eigenvalue weighted by Gasteiger charge is -2.24. The number of allylic oxidation sites excluding steroid dienone is 10. The number of rotatable bonds is 17. The summed E-state index contributed by atoms with van der Waals surface area (Å²) in [5, 5.41) is 58.3. The number of fused-ring (bicyclic) bond motifs is 5. The molecule has 15 aromatic rings. The minimum absolute atomic E-state index is 0.00745. The largest absolute Gasteiger partial charge is 0.497 e. The number of aryl methyl sites for hydroxylation is 1. The van der Waals surface area contributed by atoms with E-state index >= 15 is 0 Å². The Kier molecular flexibility index (Phi) is 25.3. The van der Waals surface area contributed by atoms with Gasteiger partial charge >= 0.3 is 0 Å². The first-order chi connectivity index (χ1) is 64.7. The van der Waals surface area contributed by atoms with Gasteiger partial charge < -0.3 is 35.0 Å². The fraction of sp³-hybridized carbons (Fsp3) is 0.0777. The van der Waals surface area contributed by atoms with Gasteiger partial charge in [0.25, 0.3) is 50.1 Å². The van der Waals surface area contributed by atoms with Crippen LogP contribution in [0.3, 0.4) is 0 Å². The second kappa shape index (κ2) is 36.6.